The molecule has 1 amide bonds. The Kier molecular flexibility index (Phi) is 5.16. The number of halogens is 3. The fourth-order valence-electron chi connectivity index (χ4n) is 2.16. The highest BCUT2D eigenvalue weighted by Gasteiger charge is 2.35. The third-order valence-electron chi connectivity index (χ3n) is 3.12. The first-order valence-electron chi connectivity index (χ1n) is 5.89. The van der Waals surface area contributed by atoms with Crippen LogP contribution in [0.5, 0.6) is 0 Å². The molecular weight excluding hydrogens is 267 g/mol. The molecule has 19 heavy (non-hydrogen) atoms. The van der Waals surface area contributed by atoms with E-state index < -0.39 is 43.2 Å². The Balaban J connectivity index is 2.49. The van der Waals surface area contributed by atoms with Crippen LogP contribution in [0.1, 0.15) is 19.8 Å². The fraction of sp³-hybridized carbons (Fsp3) is 0.818. The first kappa shape index (κ1) is 15.7. The second kappa shape index (κ2) is 6.23. The van der Waals surface area contributed by atoms with Crippen molar-refractivity contribution < 1.29 is 32.6 Å². The number of hydrogen-bond donors (Lipinski definition) is 1. The molecule has 0 radical (unpaired) electrons. The molecule has 0 saturated carbocycles. The van der Waals surface area contributed by atoms with Gasteiger partial charge in [0.25, 0.3) is 0 Å². The molecule has 5 nitrogen and oxygen atoms in total. The molecule has 1 N–H and O–H groups in total. The number of nitrogens with zero attached hydrogens (tertiary/aromatic N) is 1. The highest BCUT2D eigenvalue weighted by molar-refractivity contribution is 5.79. The summed E-state index contributed by atoms with van der Waals surface area (Å²) in [5.74, 6) is -2.29. The van der Waals surface area contributed by atoms with E-state index in [2.05, 4.69) is 4.74 Å². The van der Waals surface area contributed by atoms with Gasteiger partial charge in [-0.15, -0.1) is 0 Å². The summed E-state index contributed by atoms with van der Waals surface area (Å²) in [5, 5.41) is 8.97. The van der Waals surface area contributed by atoms with E-state index in [0.29, 0.717) is 19.4 Å². The standard InChI is InChI=1S/C11H16F3NO4/c1-7-8(10(17)18)3-2-4-15(7)9(16)5-19-6-11(12,13)14/h7-8H,2-6H2,1H3,(H,17,18)/t7-,8-/m1/s1. The van der Waals surface area contributed by atoms with Gasteiger partial charge in [0, 0.05) is 12.6 Å². The third-order valence-corrected chi connectivity index (χ3v) is 3.12. The van der Waals surface area contributed by atoms with Crippen LogP contribution >= 0.6 is 0 Å². The molecule has 0 unspecified atom stereocenters. The molecule has 1 rings (SSSR count). The fourth-order valence-corrected chi connectivity index (χ4v) is 2.16. The number of piperidine rings is 1. The summed E-state index contributed by atoms with van der Waals surface area (Å²) in [4.78, 5) is 23.9. The molecule has 0 aliphatic carbocycles. The predicted molar refractivity (Wildman–Crippen MR) is 58.4 cm³/mol. The van der Waals surface area contributed by atoms with Crippen molar-refractivity contribution in [1.29, 1.82) is 0 Å². The molecule has 0 spiro atoms. The second-order valence-electron chi connectivity index (χ2n) is 4.52. The Morgan fingerprint density at radius 3 is 2.58 bits per heavy atom. The zero-order valence-electron chi connectivity index (χ0n) is 10.4. The van der Waals surface area contributed by atoms with Gasteiger partial charge >= 0.3 is 12.1 Å². The van der Waals surface area contributed by atoms with Gasteiger partial charge in [0.2, 0.25) is 5.91 Å². The van der Waals surface area contributed by atoms with Crippen LogP contribution in [-0.2, 0) is 14.3 Å². The van der Waals surface area contributed by atoms with E-state index in [9.17, 15) is 22.8 Å². The second-order valence-corrected chi connectivity index (χ2v) is 4.52. The molecule has 110 valence electrons. The summed E-state index contributed by atoms with van der Waals surface area (Å²) in [6, 6.07) is -0.534. The first-order chi connectivity index (χ1) is 8.72. The van der Waals surface area contributed by atoms with E-state index in [1.807, 2.05) is 0 Å². The molecule has 1 heterocycles. The van der Waals surface area contributed by atoms with Crippen LogP contribution in [0.15, 0.2) is 0 Å². The SMILES string of the molecule is C[C@@H]1[C@H](C(=O)O)CCCN1C(=O)COCC(F)(F)F. The van der Waals surface area contributed by atoms with Gasteiger partial charge in [-0.05, 0) is 19.8 Å². The van der Waals surface area contributed by atoms with Gasteiger partial charge in [0.15, 0.2) is 0 Å². The first-order valence-corrected chi connectivity index (χ1v) is 5.89. The van der Waals surface area contributed by atoms with E-state index >= 15 is 0 Å². The van der Waals surface area contributed by atoms with E-state index in [4.69, 9.17) is 5.11 Å². The van der Waals surface area contributed by atoms with Gasteiger partial charge in [0.05, 0.1) is 5.92 Å². The van der Waals surface area contributed by atoms with Crippen molar-refractivity contribution >= 4 is 11.9 Å². The van der Waals surface area contributed by atoms with Crippen molar-refractivity contribution in [2.24, 2.45) is 5.92 Å². The predicted octanol–water partition coefficient (Wildman–Crippen LogP) is 1.28. The van der Waals surface area contributed by atoms with Crippen LogP contribution < -0.4 is 0 Å². The number of carboxylic acids is 1. The smallest absolute Gasteiger partial charge is 0.411 e. The van der Waals surface area contributed by atoms with Gasteiger partial charge < -0.3 is 14.7 Å². The lowest BCUT2D eigenvalue weighted by molar-refractivity contribution is -0.179. The van der Waals surface area contributed by atoms with Crippen molar-refractivity contribution in [2.75, 3.05) is 19.8 Å². The molecule has 0 aromatic carbocycles. The van der Waals surface area contributed by atoms with Gasteiger partial charge in [-0.1, -0.05) is 0 Å². The van der Waals surface area contributed by atoms with Gasteiger partial charge in [-0.25, -0.2) is 0 Å². The maximum absolute atomic E-state index is 11.9. The Bertz CT molecular complexity index is 345. The summed E-state index contributed by atoms with van der Waals surface area (Å²) in [7, 11) is 0. The number of aliphatic carboxylic acids is 1. The van der Waals surface area contributed by atoms with Crippen molar-refractivity contribution in [2.45, 2.75) is 32.0 Å². The number of likely N-dealkylation sites (tertiary alicyclic amines) is 1. The summed E-state index contributed by atoms with van der Waals surface area (Å²) in [6.07, 6.45) is -3.49. The number of rotatable bonds is 4. The highest BCUT2D eigenvalue weighted by Crippen LogP contribution is 2.24. The van der Waals surface area contributed by atoms with Crippen LogP contribution in [-0.4, -0.2) is 53.9 Å². The quantitative estimate of drug-likeness (QED) is 0.844. The van der Waals surface area contributed by atoms with Crippen molar-refractivity contribution in [1.82, 2.24) is 4.90 Å². The lowest BCUT2D eigenvalue weighted by atomic mass is 9.90. The number of amides is 1. The molecule has 1 aliphatic heterocycles. The van der Waals surface area contributed by atoms with E-state index in [-0.39, 0.29) is 0 Å². The Morgan fingerprint density at radius 2 is 2.05 bits per heavy atom. The van der Waals surface area contributed by atoms with Gasteiger partial charge in [-0.3, -0.25) is 9.59 Å². The third kappa shape index (κ3) is 4.70. The lowest BCUT2D eigenvalue weighted by Gasteiger charge is -2.37. The molecule has 1 aliphatic rings. The maximum atomic E-state index is 11.9. The molecular formula is C11H16F3NO4. The van der Waals surface area contributed by atoms with Crippen LogP contribution in [0.4, 0.5) is 13.2 Å². The zero-order valence-corrected chi connectivity index (χ0v) is 10.4. The largest absolute Gasteiger partial charge is 0.481 e. The van der Waals surface area contributed by atoms with Gasteiger partial charge in [0.1, 0.15) is 13.2 Å². The number of carbonyl (C=O) groups is 2. The average molecular weight is 283 g/mol. The minimum atomic E-state index is -4.47. The number of carboxylic acid groups (broad SMARTS) is 1. The Labute approximate surface area is 108 Å². The normalized spacial score (nSPS) is 24.3. The van der Waals surface area contributed by atoms with Crippen molar-refractivity contribution in [3.63, 3.8) is 0 Å². The minimum absolute atomic E-state index is 0.346. The molecule has 0 bridgehead atoms. The molecule has 8 heteroatoms. The monoisotopic (exact) mass is 283 g/mol. The number of ether oxygens (including phenoxy) is 1. The number of hydrogen-bond acceptors (Lipinski definition) is 3. The molecule has 0 aromatic heterocycles. The lowest BCUT2D eigenvalue weighted by Crippen LogP contribution is -2.50. The molecule has 2 atom stereocenters. The topological polar surface area (TPSA) is 66.8 Å². The van der Waals surface area contributed by atoms with Crippen molar-refractivity contribution in [3.8, 4) is 0 Å². The van der Waals surface area contributed by atoms with Gasteiger partial charge in [-0.2, -0.15) is 13.2 Å². The highest BCUT2D eigenvalue weighted by atomic mass is 19.4. The number of carbonyl (C=O) groups excluding carboxylic acids is 1. The molecule has 1 fully saturated rings. The van der Waals surface area contributed by atoms with Crippen LogP contribution in [0.2, 0.25) is 0 Å². The Morgan fingerprint density at radius 1 is 1.42 bits per heavy atom. The summed E-state index contributed by atoms with van der Waals surface area (Å²) >= 11 is 0. The van der Waals surface area contributed by atoms with E-state index in [1.54, 1.807) is 6.92 Å². The van der Waals surface area contributed by atoms with Crippen molar-refractivity contribution in [3.05, 3.63) is 0 Å². The minimum Gasteiger partial charge on any atom is -0.481 e. The summed E-state index contributed by atoms with van der Waals surface area (Å²) in [6.45, 7) is -0.238. The summed E-state index contributed by atoms with van der Waals surface area (Å²) < 4.78 is 39.9. The van der Waals surface area contributed by atoms with Crippen LogP contribution in [0, 0.1) is 5.92 Å². The maximum Gasteiger partial charge on any atom is 0.411 e. The average Bonchev–Trinajstić information content (AvgIpc) is 2.26. The van der Waals surface area contributed by atoms with E-state index in [1.165, 1.54) is 4.90 Å². The zero-order chi connectivity index (χ0) is 14.6. The molecule has 0 aromatic rings. The summed E-state index contributed by atoms with van der Waals surface area (Å²) in [5.41, 5.74) is 0. The number of alkyl halides is 3. The molecule has 1 saturated heterocycles. The van der Waals surface area contributed by atoms with Crippen LogP contribution in [0.25, 0.3) is 0 Å². The van der Waals surface area contributed by atoms with Crippen LogP contribution in [0.3, 0.4) is 0 Å². The Hall–Kier alpha value is -1.31. The van der Waals surface area contributed by atoms with E-state index in [0.717, 1.165) is 0 Å².